The van der Waals surface area contributed by atoms with Gasteiger partial charge in [0.25, 0.3) is 0 Å². The second-order valence-corrected chi connectivity index (χ2v) is 5.64. The predicted molar refractivity (Wildman–Crippen MR) is 76.0 cm³/mol. The van der Waals surface area contributed by atoms with Crippen molar-refractivity contribution < 1.29 is 4.79 Å². The largest absolute Gasteiger partial charge is 0.335 e. The molecule has 1 fully saturated rings. The van der Waals surface area contributed by atoms with Crippen molar-refractivity contribution >= 4 is 5.91 Å². The van der Waals surface area contributed by atoms with Gasteiger partial charge in [-0.25, -0.2) is 0 Å². The van der Waals surface area contributed by atoms with Gasteiger partial charge in [-0.15, -0.1) is 0 Å². The molecule has 3 rings (SSSR count). The van der Waals surface area contributed by atoms with Gasteiger partial charge in [-0.2, -0.15) is 0 Å². The van der Waals surface area contributed by atoms with Crippen molar-refractivity contribution in [2.45, 2.75) is 31.7 Å². The summed E-state index contributed by atoms with van der Waals surface area (Å²) >= 11 is 0. The maximum absolute atomic E-state index is 12.2. The second-order valence-electron chi connectivity index (χ2n) is 5.64. The van der Waals surface area contributed by atoms with Crippen LogP contribution in [0.1, 0.15) is 36.4 Å². The van der Waals surface area contributed by atoms with E-state index in [0.29, 0.717) is 13.0 Å². The van der Waals surface area contributed by atoms with Crippen LogP contribution in [0.4, 0.5) is 0 Å². The Kier molecular flexibility index (Phi) is 3.61. The molecule has 20 heavy (non-hydrogen) atoms. The molecule has 2 aliphatic rings. The predicted octanol–water partition coefficient (Wildman–Crippen LogP) is 3.22. The van der Waals surface area contributed by atoms with Crippen molar-refractivity contribution in [1.29, 1.82) is 0 Å². The third-order valence-electron chi connectivity index (χ3n) is 4.36. The molecule has 5 heteroatoms. The summed E-state index contributed by atoms with van der Waals surface area (Å²) in [6.07, 6.45) is 3.79. The van der Waals surface area contributed by atoms with Gasteiger partial charge in [0.05, 0.1) is 6.04 Å². The van der Waals surface area contributed by atoms with Gasteiger partial charge in [-0.05, 0) is 41.8 Å². The van der Waals surface area contributed by atoms with Crippen molar-refractivity contribution in [3.63, 3.8) is 0 Å². The van der Waals surface area contributed by atoms with E-state index in [9.17, 15) is 4.79 Å². The molecule has 1 aromatic carbocycles. The van der Waals surface area contributed by atoms with E-state index in [1.165, 1.54) is 11.1 Å². The maximum Gasteiger partial charge on any atom is 0.223 e. The average molecular weight is 270 g/mol. The summed E-state index contributed by atoms with van der Waals surface area (Å²) in [6.45, 7) is 1.14. The van der Waals surface area contributed by atoms with Crippen LogP contribution in [-0.2, 0) is 11.2 Å². The van der Waals surface area contributed by atoms with Crippen LogP contribution in [-0.4, -0.2) is 23.9 Å². The lowest BCUT2D eigenvalue weighted by Crippen LogP contribution is -2.32. The first kappa shape index (κ1) is 13.0. The zero-order chi connectivity index (χ0) is 13.9. The minimum absolute atomic E-state index is 0.174. The Morgan fingerprint density at radius 3 is 3.10 bits per heavy atom. The Balaban J connectivity index is 1.80. The summed E-state index contributed by atoms with van der Waals surface area (Å²) in [6, 6.07) is 8.64. The van der Waals surface area contributed by atoms with Crippen LogP contribution in [0.2, 0.25) is 0 Å². The summed E-state index contributed by atoms with van der Waals surface area (Å²) in [7, 11) is 0. The maximum atomic E-state index is 12.2. The van der Waals surface area contributed by atoms with E-state index in [2.05, 4.69) is 34.3 Å². The highest BCUT2D eigenvalue weighted by atomic mass is 16.2. The molecule has 1 aromatic rings. The van der Waals surface area contributed by atoms with E-state index >= 15 is 0 Å². The summed E-state index contributed by atoms with van der Waals surface area (Å²) in [4.78, 5) is 17.0. The van der Waals surface area contributed by atoms with Gasteiger partial charge in [-0.3, -0.25) is 4.79 Å². The molecule has 0 radical (unpaired) electrons. The first-order chi connectivity index (χ1) is 9.79. The topological polar surface area (TPSA) is 69.1 Å². The summed E-state index contributed by atoms with van der Waals surface area (Å²) in [5.41, 5.74) is 11.1. The Hall–Kier alpha value is -2.00. The van der Waals surface area contributed by atoms with E-state index in [0.717, 1.165) is 25.8 Å². The van der Waals surface area contributed by atoms with Gasteiger partial charge in [0.1, 0.15) is 0 Å². The molecule has 1 heterocycles. The monoisotopic (exact) mass is 270 g/mol. The number of azide groups is 1. The Bertz CT molecular complexity index is 565. The number of amides is 1. The molecule has 0 bridgehead atoms. The lowest BCUT2D eigenvalue weighted by molar-refractivity contribution is -0.130. The van der Waals surface area contributed by atoms with Crippen molar-refractivity contribution in [1.82, 2.24) is 4.90 Å². The number of likely N-dealkylation sites (tertiary alicyclic amines) is 1. The number of fused-ring (bicyclic) bond motifs is 1. The van der Waals surface area contributed by atoms with E-state index in [4.69, 9.17) is 5.53 Å². The van der Waals surface area contributed by atoms with E-state index < -0.39 is 0 Å². The second kappa shape index (κ2) is 5.55. The smallest absolute Gasteiger partial charge is 0.223 e. The molecule has 1 aliphatic carbocycles. The van der Waals surface area contributed by atoms with Crippen LogP contribution in [0.15, 0.2) is 29.4 Å². The lowest BCUT2D eigenvalue weighted by Gasteiger charge is -2.33. The van der Waals surface area contributed by atoms with Gasteiger partial charge in [0.15, 0.2) is 0 Å². The molecule has 2 unspecified atom stereocenters. The fraction of sp³-hybridized carbons (Fsp3) is 0.533. The summed E-state index contributed by atoms with van der Waals surface area (Å²) in [5, 5.41) is 3.61. The van der Waals surface area contributed by atoms with Crippen molar-refractivity contribution in [2.24, 2.45) is 11.0 Å². The van der Waals surface area contributed by atoms with Gasteiger partial charge in [0.2, 0.25) is 5.91 Å². The molecule has 1 aliphatic heterocycles. The average Bonchev–Trinajstić information content (AvgIpc) is 2.85. The Morgan fingerprint density at radius 2 is 2.25 bits per heavy atom. The number of rotatable bonds is 3. The van der Waals surface area contributed by atoms with Crippen molar-refractivity contribution in [3.05, 3.63) is 45.8 Å². The highest BCUT2D eigenvalue weighted by Gasteiger charge is 2.36. The van der Waals surface area contributed by atoms with Crippen LogP contribution in [0.5, 0.6) is 0 Å². The number of benzene rings is 1. The van der Waals surface area contributed by atoms with Crippen LogP contribution >= 0.6 is 0 Å². The molecule has 2 atom stereocenters. The Labute approximate surface area is 118 Å². The minimum Gasteiger partial charge on any atom is -0.335 e. The summed E-state index contributed by atoms with van der Waals surface area (Å²) < 4.78 is 0. The standard InChI is InChI=1S/C15H18N4O/c16-18-17-9-11-8-15(20)19(10-11)14-7-3-5-12-4-1-2-6-13(12)14/h1-2,4,6,11,14H,3,5,7-10H2. The zero-order valence-electron chi connectivity index (χ0n) is 11.4. The molecule has 0 saturated carbocycles. The molecule has 104 valence electrons. The number of carbonyl (C=O) groups is 1. The van der Waals surface area contributed by atoms with Crippen molar-refractivity contribution in [2.75, 3.05) is 13.1 Å². The third kappa shape index (κ3) is 2.37. The van der Waals surface area contributed by atoms with E-state index in [-0.39, 0.29) is 17.9 Å². The molecule has 0 spiro atoms. The van der Waals surface area contributed by atoms with Crippen LogP contribution in [0.3, 0.4) is 0 Å². The number of hydrogen-bond acceptors (Lipinski definition) is 2. The zero-order valence-corrected chi connectivity index (χ0v) is 11.4. The summed E-state index contributed by atoms with van der Waals surface area (Å²) in [5.74, 6) is 0.373. The fourth-order valence-corrected chi connectivity index (χ4v) is 3.44. The van der Waals surface area contributed by atoms with Crippen LogP contribution in [0, 0.1) is 5.92 Å². The van der Waals surface area contributed by atoms with Crippen LogP contribution < -0.4 is 0 Å². The van der Waals surface area contributed by atoms with Crippen LogP contribution in [0.25, 0.3) is 10.4 Å². The quantitative estimate of drug-likeness (QED) is 0.472. The molecule has 0 aromatic heterocycles. The normalized spacial score (nSPS) is 25.2. The van der Waals surface area contributed by atoms with Gasteiger partial charge < -0.3 is 4.90 Å². The molecule has 0 N–H and O–H groups in total. The van der Waals surface area contributed by atoms with Gasteiger partial charge >= 0.3 is 0 Å². The van der Waals surface area contributed by atoms with Gasteiger partial charge in [-0.1, -0.05) is 29.4 Å². The van der Waals surface area contributed by atoms with Gasteiger partial charge in [0, 0.05) is 24.4 Å². The first-order valence-electron chi connectivity index (χ1n) is 7.17. The van der Waals surface area contributed by atoms with E-state index in [1.807, 2.05) is 4.90 Å². The molecular formula is C15H18N4O. The number of carbonyl (C=O) groups excluding carboxylic acids is 1. The minimum atomic E-state index is 0.174. The highest BCUT2D eigenvalue weighted by molar-refractivity contribution is 5.79. The first-order valence-corrected chi connectivity index (χ1v) is 7.17. The molecule has 1 amide bonds. The fourth-order valence-electron chi connectivity index (χ4n) is 3.44. The SMILES string of the molecule is [N-]=[N+]=NCC1CC(=O)N(C2CCCc3ccccc32)C1. The number of hydrogen-bond donors (Lipinski definition) is 0. The molecular weight excluding hydrogens is 252 g/mol. The molecule has 5 nitrogen and oxygen atoms in total. The third-order valence-corrected chi connectivity index (χ3v) is 4.36. The Morgan fingerprint density at radius 1 is 1.40 bits per heavy atom. The highest BCUT2D eigenvalue weighted by Crippen LogP contribution is 2.37. The number of aryl methyl sites for hydroxylation is 1. The number of nitrogens with zero attached hydrogens (tertiary/aromatic N) is 4. The molecule has 1 saturated heterocycles. The van der Waals surface area contributed by atoms with E-state index in [1.54, 1.807) is 0 Å². The van der Waals surface area contributed by atoms with Crippen molar-refractivity contribution in [3.8, 4) is 0 Å². The lowest BCUT2D eigenvalue weighted by atomic mass is 9.87.